The number of carbonyl (C=O) groups is 2. The van der Waals surface area contributed by atoms with Crippen LogP contribution < -0.4 is 15.4 Å². The highest BCUT2D eigenvalue weighted by Gasteiger charge is 2.15. The van der Waals surface area contributed by atoms with E-state index in [9.17, 15) is 9.59 Å². The van der Waals surface area contributed by atoms with Crippen LogP contribution in [-0.2, 0) is 6.54 Å². The summed E-state index contributed by atoms with van der Waals surface area (Å²) in [4.78, 5) is 25.8. The zero-order valence-electron chi connectivity index (χ0n) is 15.6. The summed E-state index contributed by atoms with van der Waals surface area (Å²) in [7, 11) is 1.72. The van der Waals surface area contributed by atoms with Crippen molar-refractivity contribution >= 4 is 17.8 Å². The van der Waals surface area contributed by atoms with E-state index in [1.54, 1.807) is 36.2 Å². The van der Waals surface area contributed by atoms with E-state index in [-0.39, 0.29) is 11.6 Å². The Labute approximate surface area is 154 Å². The first kappa shape index (κ1) is 19.3. The molecule has 2 aromatic carbocycles. The summed E-state index contributed by atoms with van der Waals surface area (Å²) < 4.78 is 5.25. The minimum absolute atomic E-state index is 0.245. The Kier molecular flexibility index (Phi) is 6.22. The third kappa shape index (κ3) is 6.47. The van der Waals surface area contributed by atoms with Crippen LogP contribution >= 0.6 is 0 Å². The molecule has 0 aliphatic heterocycles. The zero-order valence-corrected chi connectivity index (χ0v) is 15.6. The van der Waals surface area contributed by atoms with Crippen LogP contribution in [0.3, 0.4) is 0 Å². The quantitative estimate of drug-likeness (QED) is 0.862. The Balaban J connectivity index is 1.95. The fourth-order valence-electron chi connectivity index (χ4n) is 2.22. The minimum Gasteiger partial charge on any atom is -0.410 e. The van der Waals surface area contributed by atoms with Gasteiger partial charge in [0.2, 0.25) is 0 Å². The molecule has 6 nitrogen and oxygen atoms in total. The Bertz CT molecular complexity index is 754. The monoisotopic (exact) mass is 355 g/mol. The number of ether oxygens (including phenoxy) is 1. The van der Waals surface area contributed by atoms with Crippen LogP contribution in [0.25, 0.3) is 0 Å². The molecule has 26 heavy (non-hydrogen) atoms. The first-order valence-corrected chi connectivity index (χ1v) is 8.39. The molecule has 0 radical (unpaired) electrons. The van der Waals surface area contributed by atoms with Gasteiger partial charge in [0.15, 0.2) is 0 Å². The van der Waals surface area contributed by atoms with Gasteiger partial charge in [-0.3, -0.25) is 0 Å². The van der Waals surface area contributed by atoms with Gasteiger partial charge in [-0.05, 0) is 38.5 Å². The molecule has 0 fully saturated rings. The highest BCUT2D eigenvalue weighted by molar-refractivity contribution is 5.89. The molecular formula is C20H25N3O3. The third-order valence-corrected chi connectivity index (χ3v) is 3.38. The largest absolute Gasteiger partial charge is 0.413 e. The Hall–Kier alpha value is -3.02. The van der Waals surface area contributed by atoms with Crippen molar-refractivity contribution in [1.82, 2.24) is 10.2 Å². The van der Waals surface area contributed by atoms with E-state index in [1.807, 2.05) is 51.1 Å². The smallest absolute Gasteiger partial charge is 0.410 e. The van der Waals surface area contributed by atoms with Gasteiger partial charge in [-0.2, -0.15) is 0 Å². The van der Waals surface area contributed by atoms with Gasteiger partial charge in [-0.25, -0.2) is 9.59 Å². The van der Waals surface area contributed by atoms with Gasteiger partial charge in [-0.1, -0.05) is 36.4 Å². The van der Waals surface area contributed by atoms with Crippen molar-refractivity contribution in [2.24, 2.45) is 0 Å². The molecule has 0 unspecified atom stereocenters. The van der Waals surface area contributed by atoms with Crippen molar-refractivity contribution < 1.29 is 14.3 Å². The molecule has 0 heterocycles. The molecule has 2 aromatic rings. The molecule has 2 rings (SSSR count). The Morgan fingerprint density at radius 1 is 1.04 bits per heavy atom. The van der Waals surface area contributed by atoms with Crippen LogP contribution in [-0.4, -0.2) is 29.6 Å². The molecular weight excluding hydrogens is 330 g/mol. The highest BCUT2D eigenvalue weighted by Crippen LogP contribution is 2.18. The number of nitrogens with zero attached hydrogens (tertiary/aromatic N) is 1. The second-order valence-corrected chi connectivity index (χ2v) is 7.06. The molecule has 3 amide bonds. The zero-order chi connectivity index (χ0) is 19.2. The maximum absolute atomic E-state index is 12.3. The summed E-state index contributed by atoms with van der Waals surface area (Å²) in [6.07, 6.45) is -0.540. The Morgan fingerprint density at radius 3 is 2.38 bits per heavy atom. The fourth-order valence-corrected chi connectivity index (χ4v) is 2.22. The lowest BCUT2D eigenvalue weighted by Gasteiger charge is -2.20. The molecule has 0 aromatic heterocycles. The second-order valence-electron chi connectivity index (χ2n) is 7.06. The van der Waals surface area contributed by atoms with Crippen molar-refractivity contribution in [1.29, 1.82) is 0 Å². The van der Waals surface area contributed by atoms with Gasteiger partial charge >= 0.3 is 12.1 Å². The van der Waals surface area contributed by atoms with Crippen molar-refractivity contribution in [2.45, 2.75) is 32.9 Å². The van der Waals surface area contributed by atoms with Gasteiger partial charge in [-0.15, -0.1) is 0 Å². The van der Waals surface area contributed by atoms with Crippen LogP contribution in [0.2, 0.25) is 0 Å². The predicted molar refractivity (Wildman–Crippen MR) is 102 cm³/mol. The molecule has 0 spiro atoms. The summed E-state index contributed by atoms with van der Waals surface area (Å²) >= 11 is 0. The average Bonchev–Trinajstić information content (AvgIpc) is 2.54. The average molecular weight is 355 g/mol. The summed E-state index contributed by atoms with van der Waals surface area (Å²) in [5.41, 5.74) is 1.21. The summed E-state index contributed by atoms with van der Waals surface area (Å²) in [5, 5.41) is 5.52. The number of hydrogen-bond donors (Lipinski definition) is 2. The molecule has 0 atom stereocenters. The van der Waals surface area contributed by atoms with E-state index in [4.69, 9.17) is 4.74 Å². The van der Waals surface area contributed by atoms with E-state index >= 15 is 0 Å². The van der Waals surface area contributed by atoms with Crippen LogP contribution in [0, 0.1) is 0 Å². The molecule has 0 aliphatic carbocycles. The maximum Gasteiger partial charge on any atom is 0.413 e. The van der Waals surface area contributed by atoms with Gasteiger partial charge in [0.1, 0.15) is 5.75 Å². The highest BCUT2D eigenvalue weighted by atomic mass is 16.6. The van der Waals surface area contributed by atoms with Gasteiger partial charge in [0, 0.05) is 30.9 Å². The molecule has 0 aliphatic rings. The van der Waals surface area contributed by atoms with Crippen LogP contribution in [0.5, 0.6) is 5.75 Å². The van der Waals surface area contributed by atoms with Crippen molar-refractivity contribution in [3.63, 3.8) is 0 Å². The number of hydrogen-bond acceptors (Lipinski definition) is 3. The number of nitrogens with one attached hydrogen (secondary N) is 2. The van der Waals surface area contributed by atoms with E-state index in [1.165, 1.54) is 0 Å². The van der Waals surface area contributed by atoms with Gasteiger partial charge in [0.05, 0.1) is 0 Å². The number of benzene rings is 2. The summed E-state index contributed by atoms with van der Waals surface area (Å²) in [6.45, 7) is 6.10. The van der Waals surface area contributed by atoms with E-state index in [0.717, 1.165) is 5.56 Å². The topological polar surface area (TPSA) is 70.7 Å². The van der Waals surface area contributed by atoms with Gasteiger partial charge in [0.25, 0.3) is 0 Å². The predicted octanol–water partition coefficient (Wildman–Crippen LogP) is 4.24. The summed E-state index contributed by atoms with van der Waals surface area (Å²) in [5.74, 6) is 0.357. The first-order valence-electron chi connectivity index (χ1n) is 8.39. The normalized spacial score (nSPS) is 10.8. The lowest BCUT2D eigenvalue weighted by Crippen LogP contribution is -2.42. The fraction of sp³-hybridized carbons (Fsp3) is 0.300. The molecule has 0 saturated heterocycles. The summed E-state index contributed by atoms with van der Waals surface area (Å²) in [6, 6.07) is 16.2. The molecule has 0 bridgehead atoms. The number of rotatable bonds is 4. The minimum atomic E-state index is -0.540. The SMILES string of the molecule is CN(Cc1ccccc1)C(=O)Nc1cccc(OC(=O)NC(C)(C)C)c1. The lowest BCUT2D eigenvalue weighted by molar-refractivity contribution is 0.190. The molecule has 2 N–H and O–H groups in total. The van der Waals surface area contributed by atoms with Crippen molar-refractivity contribution in [2.75, 3.05) is 12.4 Å². The maximum atomic E-state index is 12.3. The second kappa shape index (κ2) is 8.38. The third-order valence-electron chi connectivity index (χ3n) is 3.38. The first-order chi connectivity index (χ1) is 12.2. The molecule has 138 valence electrons. The number of anilines is 1. The Morgan fingerprint density at radius 2 is 1.73 bits per heavy atom. The lowest BCUT2D eigenvalue weighted by atomic mass is 10.1. The molecule has 0 saturated carbocycles. The van der Waals surface area contributed by atoms with Crippen LogP contribution in [0.1, 0.15) is 26.3 Å². The number of carbonyl (C=O) groups excluding carboxylic acids is 2. The van der Waals surface area contributed by atoms with E-state index in [0.29, 0.717) is 18.0 Å². The van der Waals surface area contributed by atoms with E-state index < -0.39 is 6.09 Å². The van der Waals surface area contributed by atoms with Crippen molar-refractivity contribution in [3.8, 4) is 5.75 Å². The standard InChI is InChI=1S/C20H25N3O3/c1-20(2,3)22-19(25)26-17-12-8-11-16(13-17)21-18(24)23(4)14-15-9-6-5-7-10-15/h5-13H,14H2,1-4H3,(H,21,24)(H,22,25). The molecule has 6 heteroatoms. The number of urea groups is 1. The van der Waals surface area contributed by atoms with Crippen LogP contribution in [0.15, 0.2) is 54.6 Å². The van der Waals surface area contributed by atoms with E-state index in [2.05, 4.69) is 10.6 Å². The number of amides is 3. The van der Waals surface area contributed by atoms with Gasteiger partial charge < -0.3 is 20.3 Å². The van der Waals surface area contributed by atoms with Crippen LogP contribution in [0.4, 0.5) is 15.3 Å². The van der Waals surface area contributed by atoms with Crippen molar-refractivity contribution in [3.05, 3.63) is 60.2 Å².